The standard InChI is InChI=1S/C27H27N5O3/c1-18(2)22-7-9-23(10-8-22)32-27(35)31(17-21-6-4-5-19(3)15-21)26(34)24(30-32)25(33)29-16-20-11-13-28-14-12-20/h4-15,18H,16-17H2,1-3H3,(H,29,33). The van der Waals surface area contributed by atoms with Gasteiger partial charge in [-0.25, -0.2) is 4.79 Å². The Morgan fingerprint density at radius 3 is 2.34 bits per heavy atom. The molecule has 2 aromatic carbocycles. The molecule has 178 valence electrons. The van der Waals surface area contributed by atoms with E-state index in [0.29, 0.717) is 11.6 Å². The van der Waals surface area contributed by atoms with Crippen LogP contribution in [-0.4, -0.2) is 25.2 Å². The van der Waals surface area contributed by atoms with Crippen LogP contribution in [0.5, 0.6) is 0 Å². The predicted molar refractivity (Wildman–Crippen MR) is 134 cm³/mol. The Labute approximate surface area is 202 Å². The molecular weight excluding hydrogens is 442 g/mol. The number of benzene rings is 2. The van der Waals surface area contributed by atoms with Crippen LogP contribution in [0, 0.1) is 6.92 Å². The minimum absolute atomic E-state index is 0.0244. The highest BCUT2D eigenvalue weighted by atomic mass is 16.2. The highest BCUT2D eigenvalue weighted by Gasteiger charge is 2.20. The quantitative estimate of drug-likeness (QED) is 0.448. The molecule has 0 aliphatic carbocycles. The fourth-order valence-electron chi connectivity index (χ4n) is 3.72. The van der Waals surface area contributed by atoms with Gasteiger partial charge >= 0.3 is 5.69 Å². The van der Waals surface area contributed by atoms with E-state index in [9.17, 15) is 14.4 Å². The van der Waals surface area contributed by atoms with Crippen molar-refractivity contribution in [3.8, 4) is 5.69 Å². The molecule has 1 N–H and O–H groups in total. The number of amides is 1. The van der Waals surface area contributed by atoms with Gasteiger partial charge in [0.1, 0.15) is 0 Å². The van der Waals surface area contributed by atoms with Crippen molar-refractivity contribution in [1.29, 1.82) is 0 Å². The third-order valence-corrected chi connectivity index (χ3v) is 5.70. The third kappa shape index (κ3) is 5.43. The molecule has 35 heavy (non-hydrogen) atoms. The highest BCUT2D eigenvalue weighted by Crippen LogP contribution is 2.15. The third-order valence-electron chi connectivity index (χ3n) is 5.70. The van der Waals surface area contributed by atoms with Crippen LogP contribution < -0.4 is 16.6 Å². The lowest BCUT2D eigenvalue weighted by atomic mass is 10.0. The number of nitrogens with one attached hydrogen (secondary N) is 1. The van der Waals surface area contributed by atoms with Crippen molar-refractivity contribution >= 4 is 5.91 Å². The zero-order valence-electron chi connectivity index (χ0n) is 19.9. The maximum absolute atomic E-state index is 13.4. The van der Waals surface area contributed by atoms with E-state index in [0.717, 1.165) is 31.5 Å². The molecule has 0 saturated heterocycles. The molecule has 0 fully saturated rings. The van der Waals surface area contributed by atoms with Crippen LogP contribution in [0.15, 0.2) is 82.6 Å². The molecule has 8 heteroatoms. The number of nitrogens with zero attached hydrogens (tertiary/aromatic N) is 4. The van der Waals surface area contributed by atoms with Gasteiger partial charge in [0.2, 0.25) is 5.69 Å². The van der Waals surface area contributed by atoms with Crippen molar-refractivity contribution in [3.63, 3.8) is 0 Å². The fourth-order valence-corrected chi connectivity index (χ4v) is 3.72. The summed E-state index contributed by atoms with van der Waals surface area (Å²) in [6.07, 6.45) is 3.24. The molecule has 0 unspecified atom stereocenters. The lowest BCUT2D eigenvalue weighted by Gasteiger charge is -2.13. The monoisotopic (exact) mass is 469 g/mol. The van der Waals surface area contributed by atoms with Gasteiger partial charge in [0.25, 0.3) is 11.5 Å². The van der Waals surface area contributed by atoms with E-state index in [1.165, 1.54) is 0 Å². The van der Waals surface area contributed by atoms with Crippen LogP contribution in [-0.2, 0) is 13.1 Å². The van der Waals surface area contributed by atoms with Gasteiger partial charge in [-0.3, -0.25) is 19.1 Å². The average Bonchev–Trinajstić information content (AvgIpc) is 2.86. The summed E-state index contributed by atoms with van der Waals surface area (Å²) in [6.45, 7) is 6.31. The van der Waals surface area contributed by atoms with E-state index in [-0.39, 0.29) is 18.8 Å². The largest absolute Gasteiger partial charge is 0.352 e. The van der Waals surface area contributed by atoms with E-state index in [2.05, 4.69) is 29.2 Å². The summed E-state index contributed by atoms with van der Waals surface area (Å²) < 4.78 is 2.17. The van der Waals surface area contributed by atoms with Gasteiger partial charge in [-0.05, 0) is 53.8 Å². The number of hydrogen-bond acceptors (Lipinski definition) is 5. The van der Waals surface area contributed by atoms with Gasteiger partial charge in [0.15, 0.2) is 0 Å². The minimum Gasteiger partial charge on any atom is -0.346 e. The molecule has 4 aromatic rings. The Balaban J connectivity index is 1.78. The second kappa shape index (κ2) is 10.3. The second-order valence-electron chi connectivity index (χ2n) is 8.71. The first-order chi connectivity index (χ1) is 16.8. The van der Waals surface area contributed by atoms with Crippen molar-refractivity contribution < 1.29 is 4.79 Å². The van der Waals surface area contributed by atoms with Crippen LogP contribution in [0.4, 0.5) is 0 Å². The van der Waals surface area contributed by atoms with Crippen molar-refractivity contribution in [2.75, 3.05) is 0 Å². The Kier molecular flexibility index (Phi) is 7.01. The molecule has 0 atom stereocenters. The van der Waals surface area contributed by atoms with Crippen molar-refractivity contribution in [2.45, 2.75) is 39.8 Å². The number of hydrogen-bond donors (Lipinski definition) is 1. The van der Waals surface area contributed by atoms with Crippen molar-refractivity contribution in [2.24, 2.45) is 0 Å². The lowest BCUT2D eigenvalue weighted by Crippen LogP contribution is -2.46. The summed E-state index contributed by atoms with van der Waals surface area (Å²) >= 11 is 0. The minimum atomic E-state index is -0.737. The number of rotatable bonds is 7. The molecular formula is C27H27N5O3. The first-order valence-electron chi connectivity index (χ1n) is 11.4. The molecule has 0 bridgehead atoms. The molecule has 1 amide bonds. The van der Waals surface area contributed by atoms with Crippen molar-refractivity contribution in [3.05, 3.63) is 122 Å². The van der Waals surface area contributed by atoms with E-state index < -0.39 is 17.2 Å². The SMILES string of the molecule is Cc1cccc(Cn2c(=O)c(C(=O)NCc3ccncc3)nn(-c3ccc(C(C)C)cc3)c2=O)c1. The summed E-state index contributed by atoms with van der Waals surface area (Å²) in [5, 5.41) is 6.92. The number of aryl methyl sites for hydroxylation is 1. The molecule has 0 saturated carbocycles. The van der Waals surface area contributed by atoms with Gasteiger partial charge < -0.3 is 5.32 Å². The van der Waals surface area contributed by atoms with Crippen LogP contribution in [0.1, 0.15) is 52.5 Å². The Bertz CT molecular complexity index is 1460. The predicted octanol–water partition coefficient (Wildman–Crippen LogP) is 3.20. The van der Waals surface area contributed by atoms with E-state index in [1.54, 1.807) is 36.7 Å². The molecule has 0 aliphatic heterocycles. The number of pyridine rings is 1. The average molecular weight is 470 g/mol. The van der Waals surface area contributed by atoms with Gasteiger partial charge in [0, 0.05) is 18.9 Å². The number of carbonyl (C=O) groups is 1. The maximum atomic E-state index is 13.4. The molecule has 8 nitrogen and oxygen atoms in total. The first kappa shape index (κ1) is 23.8. The maximum Gasteiger partial charge on any atom is 0.352 e. The topological polar surface area (TPSA) is 98.9 Å². The smallest absolute Gasteiger partial charge is 0.346 e. The molecule has 0 aliphatic rings. The summed E-state index contributed by atoms with van der Waals surface area (Å²) in [5.41, 5.74) is 2.49. The fraction of sp³-hybridized carbons (Fsp3) is 0.222. The molecule has 4 rings (SSSR count). The summed E-state index contributed by atoms with van der Waals surface area (Å²) in [6, 6.07) is 18.4. The first-order valence-corrected chi connectivity index (χ1v) is 11.4. The van der Waals surface area contributed by atoms with Gasteiger partial charge in [-0.1, -0.05) is 55.8 Å². The van der Waals surface area contributed by atoms with Crippen molar-refractivity contribution in [1.82, 2.24) is 24.6 Å². The van der Waals surface area contributed by atoms with Gasteiger partial charge in [-0.15, -0.1) is 0 Å². The Hall–Kier alpha value is -4.33. The number of aromatic nitrogens is 4. The van der Waals surface area contributed by atoms with E-state index >= 15 is 0 Å². The number of carbonyl (C=O) groups excluding carboxylic acids is 1. The van der Waals surface area contributed by atoms with Crippen LogP contribution >= 0.6 is 0 Å². The van der Waals surface area contributed by atoms with E-state index in [4.69, 9.17) is 0 Å². The summed E-state index contributed by atoms with van der Waals surface area (Å²) in [5.74, 6) is -0.337. The Morgan fingerprint density at radius 1 is 0.971 bits per heavy atom. The zero-order valence-corrected chi connectivity index (χ0v) is 19.9. The molecule has 2 aromatic heterocycles. The second-order valence-corrected chi connectivity index (χ2v) is 8.71. The molecule has 0 radical (unpaired) electrons. The molecule has 2 heterocycles. The normalized spacial score (nSPS) is 11.0. The zero-order chi connectivity index (χ0) is 24.9. The van der Waals surface area contributed by atoms with Gasteiger partial charge in [0.05, 0.1) is 12.2 Å². The van der Waals surface area contributed by atoms with Crippen LogP contribution in [0.3, 0.4) is 0 Å². The lowest BCUT2D eigenvalue weighted by molar-refractivity contribution is 0.0941. The van der Waals surface area contributed by atoms with Crippen LogP contribution in [0.25, 0.3) is 5.69 Å². The highest BCUT2D eigenvalue weighted by molar-refractivity contribution is 5.91. The van der Waals surface area contributed by atoms with Gasteiger partial charge in [-0.2, -0.15) is 9.78 Å². The summed E-state index contributed by atoms with van der Waals surface area (Å²) in [4.78, 5) is 43.6. The molecule has 0 spiro atoms. The van der Waals surface area contributed by atoms with Crippen LogP contribution in [0.2, 0.25) is 0 Å². The van der Waals surface area contributed by atoms with E-state index in [1.807, 2.05) is 43.3 Å². The summed E-state index contributed by atoms with van der Waals surface area (Å²) in [7, 11) is 0. The Morgan fingerprint density at radius 2 is 1.69 bits per heavy atom.